The Bertz CT molecular complexity index is 239. The van der Waals surface area contributed by atoms with Gasteiger partial charge in [-0.25, -0.2) is 0 Å². The van der Waals surface area contributed by atoms with Gasteiger partial charge in [0.1, 0.15) is 0 Å². The molecule has 0 aromatic heterocycles. The minimum absolute atomic E-state index is 0.0168. The van der Waals surface area contributed by atoms with E-state index in [0.29, 0.717) is 0 Å². The van der Waals surface area contributed by atoms with Crippen molar-refractivity contribution in [2.45, 2.75) is 83.7 Å². The van der Waals surface area contributed by atoms with Gasteiger partial charge in [0.05, 0.1) is 11.2 Å². The van der Waals surface area contributed by atoms with Gasteiger partial charge in [-0.2, -0.15) is 0 Å². The Kier molecular flexibility index (Phi) is 3.89. The Hall–Kier alpha value is -0.0151. The highest BCUT2D eigenvalue weighted by Crippen LogP contribution is 2.39. The second-order valence-electron chi connectivity index (χ2n) is 6.78. The highest BCUT2D eigenvalue weighted by Gasteiger charge is 2.51. The molecule has 1 saturated carbocycles. The van der Waals surface area contributed by atoms with E-state index in [1.54, 1.807) is 0 Å². The molecule has 98 valence electrons. The summed E-state index contributed by atoms with van der Waals surface area (Å²) in [7, 11) is 0.0168. The first-order valence-corrected chi connectivity index (χ1v) is 7.26. The molecule has 0 radical (unpaired) electrons. The van der Waals surface area contributed by atoms with Crippen molar-refractivity contribution in [2.75, 3.05) is 0 Å². The lowest BCUT2D eigenvalue weighted by Crippen LogP contribution is -2.41. The molecule has 2 fully saturated rings. The zero-order chi connectivity index (χ0) is 12.5. The monoisotopic (exact) mass is 238 g/mol. The smallest absolute Gasteiger partial charge is 0.403 e. The van der Waals surface area contributed by atoms with E-state index in [1.807, 2.05) is 0 Å². The highest BCUT2D eigenvalue weighted by molar-refractivity contribution is 6.45. The molecule has 0 aromatic carbocycles. The molecule has 2 nitrogen and oxygen atoms in total. The summed E-state index contributed by atoms with van der Waals surface area (Å²) in [5, 5.41) is 0. The fraction of sp³-hybridized carbons (Fsp3) is 1.00. The maximum atomic E-state index is 6.09. The van der Waals surface area contributed by atoms with Crippen molar-refractivity contribution >= 4 is 7.12 Å². The lowest BCUT2D eigenvalue weighted by molar-refractivity contribution is 0.00578. The van der Waals surface area contributed by atoms with Gasteiger partial charge in [-0.3, -0.25) is 0 Å². The summed E-state index contributed by atoms with van der Waals surface area (Å²) in [6.45, 7) is 8.56. The van der Waals surface area contributed by atoms with E-state index >= 15 is 0 Å². The fourth-order valence-corrected chi connectivity index (χ4v) is 2.93. The molecule has 1 aliphatic carbocycles. The van der Waals surface area contributed by atoms with Crippen molar-refractivity contribution in [3.63, 3.8) is 0 Å². The molecule has 17 heavy (non-hydrogen) atoms. The van der Waals surface area contributed by atoms with Gasteiger partial charge >= 0.3 is 7.12 Å². The molecule has 0 aromatic rings. The molecule has 0 amide bonds. The Morgan fingerprint density at radius 3 is 1.82 bits per heavy atom. The van der Waals surface area contributed by atoms with Crippen LogP contribution in [0.4, 0.5) is 0 Å². The van der Waals surface area contributed by atoms with Gasteiger partial charge in [0.15, 0.2) is 0 Å². The van der Waals surface area contributed by atoms with Crippen LogP contribution in [0.1, 0.15) is 66.2 Å². The average Bonchev–Trinajstić information content (AvgIpc) is 2.42. The quantitative estimate of drug-likeness (QED) is 0.533. The topological polar surface area (TPSA) is 18.5 Å². The highest BCUT2D eigenvalue weighted by atomic mass is 16.7. The maximum Gasteiger partial charge on any atom is 0.458 e. The third-order valence-electron chi connectivity index (χ3n) is 4.80. The van der Waals surface area contributed by atoms with Crippen molar-refractivity contribution in [3.8, 4) is 0 Å². The van der Waals surface area contributed by atoms with Crippen LogP contribution in [-0.4, -0.2) is 18.3 Å². The summed E-state index contributed by atoms with van der Waals surface area (Å²) in [5.41, 5.74) is -0.329. The van der Waals surface area contributed by atoms with Crippen molar-refractivity contribution in [1.29, 1.82) is 0 Å². The van der Waals surface area contributed by atoms with Crippen molar-refractivity contribution in [1.82, 2.24) is 0 Å². The second-order valence-corrected chi connectivity index (χ2v) is 6.78. The first-order chi connectivity index (χ1) is 7.91. The fourth-order valence-electron chi connectivity index (χ4n) is 2.93. The van der Waals surface area contributed by atoms with Gasteiger partial charge in [0, 0.05) is 0 Å². The number of hydrogen-bond acceptors (Lipinski definition) is 2. The summed E-state index contributed by atoms with van der Waals surface area (Å²) < 4.78 is 12.2. The molecule has 0 atom stereocenters. The summed E-state index contributed by atoms with van der Waals surface area (Å²) in [6, 6.07) is 0. The van der Waals surface area contributed by atoms with Crippen LogP contribution >= 0.6 is 0 Å². The Morgan fingerprint density at radius 2 is 1.35 bits per heavy atom. The van der Waals surface area contributed by atoms with Gasteiger partial charge in [-0.05, 0) is 39.9 Å². The summed E-state index contributed by atoms with van der Waals surface area (Å²) in [4.78, 5) is 0. The lowest BCUT2D eigenvalue weighted by Gasteiger charge is -2.32. The molecule has 2 rings (SSSR count). The maximum absolute atomic E-state index is 6.09. The molecule has 0 N–H and O–H groups in total. The largest absolute Gasteiger partial charge is 0.458 e. The Morgan fingerprint density at radius 1 is 0.882 bits per heavy atom. The van der Waals surface area contributed by atoms with E-state index in [-0.39, 0.29) is 18.3 Å². The van der Waals surface area contributed by atoms with Crippen molar-refractivity contribution < 1.29 is 9.31 Å². The molecule has 1 saturated heterocycles. The van der Waals surface area contributed by atoms with Gasteiger partial charge in [0.2, 0.25) is 0 Å². The third kappa shape index (κ3) is 3.06. The van der Waals surface area contributed by atoms with Crippen LogP contribution < -0.4 is 0 Å². The van der Waals surface area contributed by atoms with Crippen LogP contribution in [0.2, 0.25) is 6.32 Å². The molecule has 2 aliphatic rings. The second kappa shape index (κ2) is 4.93. The van der Waals surface area contributed by atoms with E-state index in [4.69, 9.17) is 9.31 Å². The standard InChI is InChI=1S/C14H27BO2/c1-13(2)14(3,4)17-15(16-13)11-12-9-7-5-6-8-10-12/h12H,5-11H2,1-4H3. The lowest BCUT2D eigenvalue weighted by atomic mass is 9.75. The number of hydrogen-bond donors (Lipinski definition) is 0. The van der Waals surface area contributed by atoms with Crippen molar-refractivity contribution in [2.24, 2.45) is 5.92 Å². The third-order valence-corrected chi connectivity index (χ3v) is 4.80. The van der Waals surface area contributed by atoms with Gasteiger partial charge in [-0.15, -0.1) is 0 Å². The van der Waals surface area contributed by atoms with E-state index in [1.165, 1.54) is 38.5 Å². The van der Waals surface area contributed by atoms with Crippen LogP contribution in [0, 0.1) is 5.92 Å². The molecule has 0 bridgehead atoms. The SMILES string of the molecule is CC1(C)OB(CC2CCCCCC2)OC1(C)C. The summed E-state index contributed by atoms with van der Waals surface area (Å²) in [5.74, 6) is 0.812. The summed E-state index contributed by atoms with van der Waals surface area (Å²) >= 11 is 0. The predicted molar refractivity (Wildman–Crippen MR) is 72.1 cm³/mol. The van der Waals surface area contributed by atoms with E-state index in [0.717, 1.165) is 12.2 Å². The molecular formula is C14H27BO2. The number of rotatable bonds is 2. The minimum Gasteiger partial charge on any atom is -0.403 e. The Balaban J connectivity index is 1.88. The molecule has 1 aliphatic heterocycles. The van der Waals surface area contributed by atoms with E-state index < -0.39 is 0 Å². The predicted octanol–water partition coefficient (Wildman–Crippen LogP) is 4.05. The van der Waals surface area contributed by atoms with Gasteiger partial charge < -0.3 is 9.31 Å². The minimum atomic E-state index is -0.164. The van der Waals surface area contributed by atoms with Crippen LogP contribution in [-0.2, 0) is 9.31 Å². The van der Waals surface area contributed by atoms with E-state index in [2.05, 4.69) is 27.7 Å². The molecule has 3 heteroatoms. The molecule has 0 spiro atoms. The van der Waals surface area contributed by atoms with Gasteiger partial charge in [-0.1, -0.05) is 38.5 Å². The van der Waals surface area contributed by atoms with Crippen molar-refractivity contribution in [3.05, 3.63) is 0 Å². The van der Waals surface area contributed by atoms with Crippen LogP contribution in [0.5, 0.6) is 0 Å². The van der Waals surface area contributed by atoms with Gasteiger partial charge in [0.25, 0.3) is 0 Å². The first kappa shape index (κ1) is 13.4. The normalized spacial score (nSPS) is 29.3. The molecule has 0 unspecified atom stereocenters. The zero-order valence-corrected chi connectivity index (χ0v) is 11.9. The van der Waals surface area contributed by atoms with E-state index in [9.17, 15) is 0 Å². The van der Waals surface area contributed by atoms with Crippen LogP contribution in [0.3, 0.4) is 0 Å². The van der Waals surface area contributed by atoms with Crippen LogP contribution in [0.15, 0.2) is 0 Å². The average molecular weight is 238 g/mol. The zero-order valence-electron chi connectivity index (χ0n) is 11.9. The summed E-state index contributed by atoms with van der Waals surface area (Å²) in [6.07, 6.45) is 9.44. The molecule has 1 heterocycles. The Labute approximate surface area is 107 Å². The van der Waals surface area contributed by atoms with Crippen LogP contribution in [0.25, 0.3) is 0 Å². The molecular weight excluding hydrogens is 211 g/mol. The first-order valence-electron chi connectivity index (χ1n) is 7.26.